The van der Waals surface area contributed by atoms with E-state index in [1.54, 1.807) is 31.1 Å². The van der Waals surface area contributed by atoms with E-state index in [2.05, 4.69) is 12.2 Å². The van der Waals surface area contributed by atoms with Crippen LogP contribution in [0.4, 0.5) is 5.69 Å². The summed E-state index contributed by atoms with van der Waals surface area (Å²) in [5, 5.41) is 3.05. The van der Waals surface area contributed by atoms with Gasteiger partial charge in [-0.15, -0.1) is 0 Å². The summed E-state index contributed by atoms with van der Waals surface area (Å²) >= 11 is 0. The molecule has 2 aliphatic carbocycles. The number of rotatable bonds is 7. The van der Waals surface area contributed by atoms with Crippen molar-refractivity contribution in [2.75, 3.05) is 18.6 Å². The molecule has 1 aliphatic heterocycles. The highest BCUT2D eigenvalue weighted by Gasteiger charge is 2.43. The molecular weight excluding hydrogens is 396 g/mol. The molecular formula is C24H32N2O5. The largest absolute Gasteiger partial charge is 0.495 e. The second-order valence-corrected chi connectivity index (χ2v) is 9.29. The fraction of sp³-hybridized carbons (Fsp3) is 0.625. The Labute approximate surface area is 183 Å². The third-order valence-electron chi connectivity index (χ3n) is 7.30. The highest BCUT2D eigenvalue weighted by molar-refractivity contribution is 6.00. The van der Waals surface area contributed by atoms with Gasteiger partial charge in [0.2, 0.25) is 5.91 Å². The number of carbonyl (C=O) groups excluding carboxylic acids is 3. The molecule has 1 saturated heterocycles. The molecule has 7 nitrogen and oxygen atoms in total. The number of methoxy groups -OCH3 is 1. The van der Waals surface area contributed by atoms with Gasteiger partial charge in [0, 0.05) is 19.0 Å². The Morgan fingerprint density at radius 2 is 1.94 bits per heavy atom. The molecule has 0 spiro atoms. The van der Waals surface area contributed by atoms with Crippen LogP contribution in [0.5, 0.6) is 5.75 Å². The highest BCUT2D eigenvalue weighted by atomic mass is 16.5. The van der Waals surface area contributed by atoms with Gasteiger partial charge in [-0.05, 0) is 63.0 Å². The second kappa shape index (κ2) is 8.89. The minimum atomic E-state index is -0.885. The number of anilines is 1. The maximum atomic E-state index is 12.7. The average molecular weight is 429 g/mol. The van der Waals surface area contributed by atoms with Gasteiger partial charge in [-0.3, -0.25) is 14.4 Å². The standard InChI is InChI=1S/C24H32N2O5/c1-14(19-11-16-8-9-17(19)10-16)25-23(28)15(2)31-24(29)18-12-22(27)26(13-18)20-6-4-5-7-21(20)30-3/h4-7,14-19H,8-13H2,1-3H3,(H,25,28)/t14-,15-,16+,17+,18+,19-/m0/s1. The van der Waals surface area contributed by atoms with Crippen molar-refractivity contribution in [3.63, 3.8) is 0 Å². The first-order chi connectivity index (χ1) is 14.9. The molecule has 31 heavy (non-hydrogen) atoms. The Kier molecular flexibility index (Phi) is 6.21. The van der Waals surface area contributed by atoms with E-state index < -0.39 is 18.0 Å². The smallest absolute Gasteiger partial charge is 0.312 e. The lowest BCUT2D eigenvalue weighted by molar-refractivity contribution is -0.158. The van der Waals surface area contributed by atoms with E-state index in [4.69, 9.17) is 9.47 Å². The van der Waals surface area contributed by atoms with Crippen LogP contribution in [0.25, 0.3) is 0 Å². The van der Waals surface area contributed by atoms with Crippen molar-refractivity contribution in [2.45, 2.75) is 58.1 Å². The van der Waals surface area contributed by atoms with Gasteiger partial charge in [-0.25, -0.2) is 0 Å². The van der Waals surface area contributed by atoms with Gasteiger partial charge in [-0.2, -0.15) is 0 Å². The molecule has 6 atom stereocenters. The quantitative estimate of drug-likeness (QED) is 0.675. The van der Waals surface area contributed by atoms with Crippen molar-refractivity contribution in [3.05, 3.63) is 24.3 Å². The molecule has 1 aromatic carbocycles. The number of carbonyl (C=O) groups is 3. The van der Waals surface area contributed by atoms with Gasteiger partial charge in [0.05, 0.1) is 18.7 Å². The predicted octanol–water partition coefficient (Wildman–Crippen LogP) is 2.92. The molecule has 0 unspecified atom stereocenters. The SMILES string of the molecule is COc1ccccc1N1C[C@H](C(=O)O[C@@H](C)C(=O)N[C@@H](C)[C@@H]2C[C@@H]3CC[C@@H]2C3)CC1=O. The summed E-state index contributed by atoms with van der Waals surface area (Å²) in [6.07, 6.45) is 4.23. The fourth-order valence-corrected chi connectivity index (χ4v) is 5.63. The van der Waals surface area contributed by atoms with Crippen molar-refractivity contribution in [1.29, 1.82) is 0 Å². The number of ether oxygens (including phenoxy) is 2. The van der Waals surface area contributed by atoms with E-state index in [0.717, 1.165) is 5.92 Å². The van der Waals surface area contributed by atoms with Crippen LogP contribution in [0.15, 0.2) is 24.3 Å². The van der Waals surface area contributed by atoms with Gasteiger partial charge in [-0.1, -0.05) is 18.6 Å². The number of hydrogen-bond donors (Lipinski definition) is 1. The van der Waals surface area contributed by atoms with Gasteiger partial charge in [0.15, 0.2) is 6.10 Å². The maximum absolute atomic E-state index is 12.7. The van der Waals surface area contributed by atoms with E-state index in [1.807, 2.05) is 12.1 Å². The topological polar surface area (TPSA) is 84.9 Å². The highest BCUT2D eigenvalue weighted by Crippen LogP contribution is 2.49. The molecule has 4 rings (SSSR count). The summed E-state index contributed by atoms with van der Waals surface area (Å²) in [5.41, 5.74) is 0.635. The van der Waals surface area contributed by atoms with Crippen molar-refractivity contribution >= 4 is 23.5 Å². The summed E-state index contributed by atoms with van der Waals surface area (Å²) in [4.78, 5) is 39.4. The summed E-state index contributed by atoms with van der Waals surface area (Å²) in [6.45, 7) is 3.86. The lowest BCUT2D eigenvalue weighted by atomic mass is 9.84. The number of fused-ring (bicyclic) bond motifs is 2. The van der Waals surface area contributed by atoms with Crippen molar-refractivity contribution < 1.29 is 23.9 Å². The zero-order chi connectivity index (χ0) is 22.1. The summed E-state index contributed by atoms with van der Waals surface area (Å²) in [7, 11) is 1.54. The van der Waals surface area contributed by atoms with Crippen molar-refractivity contribution in [3.8, 4) is 5.75 Å². The number of nitrogens with zero attached hydrogens (tertiary/aromatic N) is 1. The molecule has 3 fully saturated rings. The number of nitrogens with one attached hydrogen (secondary N) is 1. The maximum Gasteiger partial charge on any atom is 0.312 e. The first kappa shape index (κ1) is 21.7. The lowest BCUT2D eigenvalue weighted by Crippen LogP contribution is -2.45. The van der Waals surface area contributed by atoms with E-state index in [-0.39, 0.29) is 30.8 Å². The van der Waals surface area contributed by atoms with Crippen molar-refractivity contribution in [2.24, 2.45) is 23.7 Å². The zero-order valence-corrected chi connectivity index (χ0v) is 18.5. The Balaban J connectivity index is 1.30. The van der Waals surface area contributed by atoms with Gasteiger partial charge in [0.1, 0.15) is 5.75 Å². The van der Waals surface area contributed by atoms with Crippen LogP contribution in [0.2, 0.25) is 0 Å². The number of esters is 1. The van der Waals surface area contributed by atoms with Crippen LogP contribution in [0, 0.1) is 23.7 Å². The summed E-state index contributed by atoms with van der Waals surface area (Å²) in [6, 6.07) is 7.29. The van der Waals surface area contributed by atoms with Crippen LogP contribution in [0.1, 0.15) is 46.0 Å². The molecule has 0 radical (unpaired) electrons. The Bertz CT molecular complexity index is 856. The number of hydrogen-bond acceptors (Lipinski definition) is 5. The van der Waals surface area contributed by atoms with Gasteiger partial charge in [0.25, 0.3) is 5.91 Å². The minimum Gasteiger partial charge on any atom is -0.495 e. The molecule has 2 amide bonds. The third kappa shape index (κ3) is 4.41. The van der Waals surface area contributed by atoms with Crippen LogP contribution in [0.3, 0.4) is 0 Å². The van der Waals surface area contributed by atoms with Gasteiger partial charge < -0.3 is 19.7 Å². The molecule has 0 aromatic heterocycles. The molecule has 1 N–H and O–H groups in total. The van der Waals surface area contributed by atoms with E-state index in [1.165, 1.54) is 25.7 Å². The number of para-hydroxylation sites is 2. The first-order valence-corrected chi connectivity index (χ1v) is 11.3. The van der Waals surface area contributed by atoms with E-state index in [9.17, 15) is 14.4 Å². The number of benzene rings is 1. The van der Waals surface area contributed by atoms with Crippen LogP contribution < -0.4 is 15.0 Å². The van der Waals surface area contributed by atoms with Crippen LogP contribution >= 0.6 is 0 Å². The zero-order valence-electron chi connectivity index (χ0n) is 18.5. The normalized spacial score (nSPS) is 29.0. The molecule has 2 bridgehead atoms. The van der Waals surface area contributed by atoms with Crippen LogP contribution in [-0.2, 0) is 19.1 Å². The Morgan fingerprint density at radius 3 is 2.61 bits per heavy atom. The molecule has 3 aliphatic rings. The summed E-state index contributed by atoms with van der Waals surface area (Å²) in [5.74, 6) is 1.08. The third-order valence-corrected chi connectivity index (χ3v) is 7.30. The van der Waals surface area contributed by atoms with E-state index in [0.29, 0.717) is 23.3 Å². The monoisotopic (exact) mass is 428 g/mol. The number of amides is 2. The molecule has 1 heterocycles. The summed E-state index contributed by atoms with van der Waals surface area (Å²) < 4.78 is 10.8. The van der Waals surface area contributed by atoms with Crippen LogP contribution in [-0.4, -0.2) is 43.6 Å². The Morgan fingerprint density at radius 1 is 1.16 bits per heavy atom. The molecule has 1 aromatic rings. The minimum absolute atomic E-state index is 0.0623. The lowest BCUT2D eigenvalue weighted by Gasteiger charge is -2.29. The van der Waals surface area contributed by atoms with E-state index >= 15 is 0 Å². The predicted molar refractivity (Wildman–Crippen MR) is 116 cm³/mol. The van der Waals surface area contributed by atoms with Gasteiger partial charge >= 0.3 is 5.97 Å². The molecule has 168 valence electrons. The molecule has 7 heteroatoms. The Hall–Kier alpha value is -2.57. The molecule has 2 saturated carbocycles. The van der Waals surface area contributed by atoms with Crippen molar-refractivity contribution in [1.82, 2.24) is 5.32 Å². The first-order valence-electron chi connectivity index (χ1n) is 11.3. The second-order valence-electron chi connectivity index (χ2n) is 9.29. The average Bonchev–Trinajstić information content (AvgIpc) is 3.49. The fourth-order valence-electron chi connectivity index (χ4n) is 5.63.